The molecule has 2 aliphatic rings. The molecule has 0 spiro atoms. The predicted octanol–water partition coefficient (Wildman–Crippen LogP) is 2.76. The first-order valence-electron chi connectivity index (χ1n) is 6.33. The van der Waals surface area contributed by atoms with Crippen LogP contribution in [-0.4, -0.2) is 25.8 Å². The SMILES string of the molecule is O=S(=O)(c1cccc(Cl)c1)N1CC2CCCC2C1. The zero-order valence-corrected chi connectivity index (χ0v) is 11.6. The van der Waals surface area contributed by atoms with Crippen LogP contribution in [0.25, 0.3) is 0 Å². The molecule has 0 radical (unpaired) electrons. The molecule has 1 heterocycles. The van der Waals surface area contributed by atoms with E-state index in [1.165, 1.54) is 25.3 Å². The van der Waals surface area contributed by atoms with Crippen molar-refractivity contribution in [2.24, 2.45) is 11.8 Å². The van der Waals surface area contributed by atoms with Crippen LogP contribution in [0.2, 0.25) is 5.02 Å². The molecule has 1 aliphatic heterocycles. The van der Waals surface area contributed by atoms with Gasteiger partial charge in [-0.2, -0.15) is 4.31 Å². The lowest BCUT2D eigenvalue weighted by molar-refractivity contribution is 0.445. The highest BCUT2D eigenvalue weighted by Crippen LogP contribution is 2.39. The first-order valence-corrected chi connectivity index (χ1v) is 8.15. The van der Waals surface area contributed by atoms with Crippen LogP contribution < -0.4 is 0 Å². The Morgan fingerprint density at radius 1 is 1.17 bits per heavy atom. The van der Waals surface area contributed by atoms with Crippen LogP contribution in [0.5, 0.6) is 0 Å². The fourth-order valence-corrected chi connectivity index (χ4v) is 5.02. The number of hydrogen-bond acceptors (Lipinski definition) is 2. The molecule has 3 nitrogen and oxygen atoms in total. The standard InChI is InChI=1S/C13H16ClNO2S/c14-12-5-2-6-13(7-12)18(16,17)15-8-10-3-1-4-11(10)9-15/h2,5-7,10-11H,1,3-4,8-9H2. The number of hydrogen-bond donors (Lipinski definition) is 0. The Morgan fingerprint density at radius 2 is 1.83 bits per heavy atom. The molecule has 1 aromatic carbocycles. The first-order chi connectivity index (χ1) is 8.57. The molecule has 1 saturated heterocycles. The largest absolute Gasteiger partial charge is 0.243 e. The third kappa shape index (κ3) is 2.06. The van der Waals surface area contributed by atoms with Crippen LogP contribution in [0.1, 0.15) is 19.3 Å². The number of halogens is 1. The van der Waals surface area contributed by atoms with Crippen LogP contribution in [0, 0.1) is 11.8 Å². The second-order valence-corrected chi connectivity index (χ2v) is 7.60. The van der Waals surface area contributed by atoms with Gasteiger partial charge in [-0.3, -0.25) is 0 Å². The molecule has 2 unspecified atom stereocenters. The number of nitrogens with zero attached hydrogens (tertiary/aromatic N) is 1. The van der Waals surface area contributed by atoms with Gasteiger partial charge in [0.1, 0.15) is 0 Å². The van der Waals surface area contributed by atoms with Gasteiger partial charge in [0, 0.05) is 18.1 Å². The highest BCUT2D eigenvalue weighted by atomic mass is 35.5. The van der Waals surface area contributed by atoms with E-state index < -0.39 is 10.0 Å². The van der Waals surface area contributed by atoms with E-state index in [0.29, 0.717) is 34.8 Å². The van der Waals surface area contributed by atoms with E-state index in [9.17, 15) is 8.42 Å². The van der Waals surface area contributed by atoms with Crippen LogP contribution in [0.4, 0.5) is 0 Å². The maximum absolute atomic E-state index is 12.5. The maximum atomic E-state index is 12.5. The van der Waals surface area contributed by atoms with E-state index in [-0.39, 0.29) is 0 Å². The molecule has 0 amide bonds. The molecule has 1 aromatic rings. The van der Waals surface area contributed by atoms with E-state index in [1.807, 2.05) is 0 Å². The summed E-state index contributed by atoms with van der Waals surface area (Å²) in [5, 5.41) is 0.468. The van der Waals surface area contributed by atoms with Gasteiger partial charge in [0.15, 0.2) is 0 Å². The maximum Gasteiger partial charge on any atom is 0.243 e. The van der Waals surface area contributed by atoms with Crippen LogP contribution in [0.15, 0.2) is 29.2 Å². The second-order valence-electron chi connectivity index (χ2n) is 5.23. The molecule has 5 heteroatoms. The Labute approximate surface area is 113 Å². The lowest BCUT2D eigenvalue weighted by Gasteiger charge is -2.17. The smallest absolute Gasteiger partial charge is 0.207 e. The van der Waals surface area contributed by atoms with Gasteiger partial charge in [-0.1, -0.05) is 24.1 Å². The summed E-state index contributed by atoms with van der Waals surface area (Å²) < 4.78 is 26.6. The lowest BCUT2D eigenvalue weighted by atomic mass is 10.0. The Kier molecular flexibility index (Phi) is 3.12. The van der Waals surface area contributed by atoms with Crippen molar-refractivity contribution in [3.8, 4) is 0 Å². The molecule has 0 bridgehead atoms. The van der Waals surface area contributed by atoms with Crippen molar-refractivity contribution >= 4 is 21.6 Å². The van der Waals surface area contributed by atoms with Gasteiger partial charge >= 0.3 is 0 Å². The molecule has 1 saturated carbocycles. The monoisotopic (exact) mass is 285 g/mol. The Hall–Kier alpha value is -0.580. The van der Waals surface area contributed by atoms with Crippen LogP contribution in [0.3, 0.4) is 0 Å². The summed E-state index contributed by atoms with van der Waals surface area (Å²) in [5.41, 5.74) is 0. The molecule has 0 N–H and O–H groups in total. The van der Waals surface area contributed by atoms with E-state index >= 15 is 0 Å². The molecule has 2 atom stereocenters. The quantitative estimate of drug-likeness (QED) is 0.838. The Bertz CT molecular complexity index is 546. The van der Waals surface area contributed by atoms with Crippen LogP contribution >= 0.6 is 11.6 Å². The van der Waals surface area contributed by atoms with Crippen molar-refractivity contribution in [2.75, 3.05) is 13.1 Å². The fourth-order valence-electron chi connectivity index (χ4n) is 3.16. The molecule has 2 fully saturated rings. The highest BCUT2D eigenvalue weighted by Gasteiger charge is 2.41. The summed E-state index contributed by atoms with van der Waals surface area (Å²) in [6.07, 6.45) is 3.60. The minimum absolute atomic E-state index is 0.315. The molecule has 1 aliphatic carbocycles. The zero-order chi connectivity index (χ0) is 12.8. The molecular weight excluding hydrogens is 270 g/mol. The van der Waals surface area contributed by atoms with Crippen molar-refractivity contribution in [1.29, 1.82) is 0 Å². The molecular formula is C13H16ClNO2S. The summed E-state index contributed by atoms with van der Waals surface area (Å²) in [4.78, 5) is 0.315. The van der Waals surface area contributed by atoms with Gasteiger partial charge in [-0.25, -0.2) is 8.42 Å². The molecule has 18 heavy (non-hydrogen) atoms. The topological polar surface area (TPSA) is 37.4 Å². The normalized spacial score (nSPS) is 28.5. The Balaban J connectivity index is 1.87. The third-order valence-corrected chi connectivity index (χ3v) is 6.19. The van der Waals surface area contributed by atoms with Gasteiger partial charge in [0.2, 0.25) is 10.0 Å². The van der Waals surface area contributed by atoms with Crippen molar-refractivity contribution in [3.63, 3.8) is 0 Å². The third-order valence-electron chi connectivity index (χ3n) is 4.13. The lowest BCUT2D eigenvalue weighted by Crippen LogP contribution is -2.29. The summed E-state index contributed by atoms with van der Waals surface area (Å²) in [7, 11) is -3.35. The molecule has 3 rings (SSSR count). The average molecular weight is 286 g/mol. The molecule has 0 aromatic heterocycles. The van der Waals surface area contributed by atoms with E-state index in [1.54, 1.807) is 22.5 Å². The molecule has 98 valence electrons. The van der Waals surface area contributed by atoms with Crippen molar-refractivity contribution < 1.29 is 8.42 Å². The summed E-state index contributed by atoms with van der Waals surface area (Å²) in [5.74, 6) is 1.14. The van der Waals surface area contributed by atoms with Gasteiger partial charge in [-0.05, 0) is 42.9 Å². The van der Waals surface area contributed by atoms with E-state index in [2.05, 4.69) is 0 Å². The summed E-state index contributed by atoms with van der Waals surface area (Å²) >= 11 is 5.87. The van der Waals surface area contributed by atoms with Gasteiger partial charge in [0.05, 0.1) is 4.90 Å². The van der Waals surface area contributed by atoms with E-state index in [0.717, 1.165) is 0 Å². The van der Waals surface area contributed by atoms with Gasteiger partial charge in [0.25, 0.3) is 0 Å². The minimum Gasteiger partial charge on any atom is -0.207 e. The number of benzene rings is 1. The number of sulfonamides is 1. The second kappa shape index (κ2) is 4.51. The average Bonchev–Trinajstić information content (AvgIpc) is 2.89. The summed E-state index contributed by atoms with van der Waals surface area (Å²) in [6.45, 7) is 1.36. The Morgan fingerprint density at radius 3 is 2.44 bits per heavy atom. The van der Waals surface area contributed by atoms with Crippen molar-refractivity contribution in [1.82, 2.24) is 4.31 Å². The zero-order valence-electron chi connectivity index (χ0n) is 10.0. The highest BCUT2D eigenvalue weighted by molar-refractivity contribution is 7.89. The predicted molar refractivity (Wildman–Crippen MR) is 71.0 cm³/mol. The first kappa shape index (κ1) is 12.5. The van der Waals surface area contributed by atoms with Crippen molar-refractivity contribution in [2.45, 2.75) is 24.2 Å². The van der Waals surface area contributed by atoms with E-state index in [4.69, 9.17) is 11.6 Å². The van der Waals surface area contributed by atoms with Crippen LogP contribution in [-0.2, 0) is 10.0 Å². The number of rotatable bonds is 2. The van der Waals surface area contributed by atoms with Gasteiger partial charge in [-0.15, -0.1) is 0 Å². The number of fused-ring (bicyclic) bond motifs is 1. The van der Waals surface area contributed by atoms with Gasteiger partial charge < -0.3 is 0 Å². The van der Waals surface area contributed by atoms with Crippen molar-refractivity contribution in [3.05, 3.63) is 29.3 Å². The minimum atomic E-state index is -3.35. The fraction of sp³-hybridized carbons (Fsp3) is 0.538. The summed E-state index contributed by atoms with van der Waals surface area (Å²) in [6, 6.07) is 6.53.